The zero-order valence-corrected chi connectivity index (χ0v) is 14.6. The molecule has 2 atom stereocenters. The number of amides is 2. The molecular weight excluding hydrogens is 284 g/mol. The lowest BCUT2D eigenvalue weighted by Crippen LogP contribution is -2.46. The van der Waals surface area contributed by atoms with Gasteiger partial charge in [0.25, 0.3) is 0 Å². The molecule has 0 heterocycles. The second-order valence-corrected chi connectivity index (χ2v) is 7.87. The molecular formula is C16H26N2O2S. The molecule has 1 aromatic carbocycles. The highest BCUT2D eigenvalue weighted by atomic mass is 32.2. The molecule has 118 valence electrons. The van der Waals surface area contributed by atoms with Gasteiger partial charge in [-0.1, -0.05) is 32.9 Å². The van der Waals surface area contributed by atoms with Crippen LogP contribution in [-0.2, 0) is 17.3 Å². The molecule has 0 saturated heterocycles. The quantitative estimate of drug-likeness (QED) is 0.929. The Morgan fingerprint density at radius 2 is 1.81 bits per heavy atom. The van der Waals surface area contributed by atoms with E-state index in [1.165, 1.54) is 0 Å². The van der Waals surface area contributed by atoms with Crippen LogP contribution in [0.1, 0.15) is 33.3 Å². The monoisotopic (exact) mass is 310 g/mol. The highest BCUT2D eigenvalue weighted by molar-refractivity contribution is 7.84. The molecule has 0 aliphatic heterocycles. The summed E-state index contributed by atoms with van der Waals surface area (Å²) >= 11 is 0. The van der Waals surface area contributed by atoms with Gasteiger partial charge in [0.2, 0.25) is 0 Å². The Morgan fingerprint density at radius 1 is 1.29 bits per heavy atom. The second-order valence-electron chi connectivity index (χ2n) is 6.49. The van der Waals surface area contributed by atoms with Gasteiger partial charge in [0, 0.05) is 41.6 Å². The predicted octanol–water partition coefficient (Wildman–Crippen LogP) is 3.00. The first-order chi connectivity index (χ1) is 9.61. The number of nitrogens with one attached hydrogen (secondary N) is 1. The number of carbonyl (C=O) groups is 1. The van der Waals surface area contributed by atoms with Crippen LogP contribution in [0.2, 0.25) is 0 Å². The molecule has 0 aromatic heterocycles. The Balaban J connectivity index is 2.62. The molecule has 0 spiro atoms. The van der Waals surface area contributed by atoms with E-state index >= 15 is 0 Å². The summed E-state index contributed by atoms with van der Waals surface area (Å²) in [5.74, 6) is 0. The van der Waals surface area contributed by atoms with Crippen LogP contribution in [0.15, 0.2) is 29.2 Å². The molecule has 1 aromatic rings. The van der Waals surface area contributed by atoms with E-state index in [0.29, 0.717) is 6.54 Å². The van der Waals surface area contributed by atoms with Crippen LogP contribution in [-0.4, -0.2) is 34.5 Å². The lowest BCUT2D eigenvalue weighted by Gasteiger charge is -2.30. The molecule has 4 nitrogen and oxygen atoms in total. The summed E-state index contributed by atoms with van der Waals surface area (Å²) in [5, 5.41) is 3.01. The smallest absolute Gasteiger partial charge is 0.317 e. The van der Waals surface area contributed by atoms with Gasteiger partial charge in [-0.15, -0.1) is 0 Å². The molecule has 0 saturated carbocycles. The van der Waals surface area contributed by atoms with Gasteiger partial charge in [0.15, 0.2) is 0 Å². The fourth-order valence-corrected chi connectivity index (χ4v) is 2.16. The molecule has 1 N–H and O–H groups in total. The summed E-state index contributed by atoms with van der Waals surface area (Å²) in [4.78, 5) is 14.6. The summed E-state index contributed by atoms with van der Waals surface area (Å²) < 4.78 is 11.3. The third kappa shape index (κ3) is 5.50. The first kappa shape index (κ1) is 17.7. The van der Waals surface area contributed by atoms with Gasteiger partial charge in [-0.25, -0.2) is 4.79 Å². The van der Waals surface area contributed by atoms with Crippen LogP contribution in [0.4, 0.5) is 4.79 Å². The summed E-state index contributed by atoms with van der Waals surface area (Å²) in [5.41, 5.74) is 1.05. The SMILES string of the molecule is C[C@@H](NC(=O)N(C)Cc1ccc([S@](C)=O)cc1)C(C)(C)C. The summed E-state index contributed by atoms with van der Waals surface area (Å²) in [6.45, 7) is 8.83. The molecule has 0 aliphatic rings. The number of benzene rings is 1. The third-order valence-corrected chi connectivity index (χ3v) is 4.60. The van der Waals surface area contributed by atoms with E-state index in [9.17, 15) is 9.00 Å². The van der Waals surface area contributed by atoms with Gasteiger partial charge in [-0.2, -0.15) is 0 Å². The molecule has 0 fully saturated rings. The first-order valence-electron chi connectivity index (χ1n) is 7.05. The van der Waals surface area contributed by atoms with Crippen LogP contribution in [0.25, 0.3) is 0 Å². The van der Waals surface area contributed by atoms with Gasteiger partial charge in [-0.05, 0) is 30.0 Å². The number of carbonyl (C=O) groups excluding carboxylic acids is 1. The lowest BCUT2D eigenvalue weighted by atomic mass is 9.88. The van der Waals surface area contributed by atoms with E-state index < -0.39 is 10.8 Å². The minimum Gasteiger partial charge on any atom is -0.335 e. The van der Waals surface area contributed by atoms with Crippen LogP contribution in [0.5, 0.6) is 0 Å². The van der Waals surface area contributed by atoms with Crippen molar-refractivity contribution in [1.29, 1.82) is 0 Å². The largest absolute Gasteiger partial charge is 0.335 e. The van der Waals surface area contributed by atoms with Crippen molar-refractivity contribution in [3.63, 3.8) is 0 Å². The van der Waals surface area contributed by atoms with Gasteiger partial charge in [0.1, 0.15) is 0 Å². The van der Waals surface area contributed by atoms with E-state index in [-0.39, 0.29) is 17.5 Å². The standard InChI is InChI=1S/C16H26N2O2S/c1-12(16(2,3)4)17-15(19)18(5)11-13-7-9-14(10-8-13)21(6)20/h7-10,12H,11H2,1-6H3,(H,17,19)/t12-,21+/m1/s1. The fraction of sp³-hybridized carbons (Fsp3) is 0.562. The van der Waals surface area contributed by atoms with Crippen molar-refractivity contribution in [1.82, 2.24) is 10.2 Å². The van der Waals surface area contributed by atoms with Gasteiger partial charge in [0.05, 0.1) is 0 Å². The number of hydrogen-bond donors (Lipinski definition) is 1. The molecule has 0 aliphatic carbocycles. The average molecular weight is 310 g/mol. The fourth-order valence-electron chi connectivity index (χ4n) is 1.64. The van der Waals surface area contributed by atoms with Crippen molar-refractivity contribution in [3.05, 3.63) is 29.8 Å². The van der Waals surface area contributed by atoms with Crippen LogP contribution < -0.4 is 5.32 Å². The van der Waals surface area contributed by atoms with Crippen LogP contribution in [0, 0.1) is 5.41 Å². The maximum Gasteiger partial charge on any atom is 0.317 e. The molecule has 21 heavy (non-hydrogen) atoms. The van der Waals surface area contributed by atoms with Crippen LogP contribution in [0.3, 0.4) is 0 Å². The summed E-state index contributed by atoms with van der Waals surface area (Å²) in [7, 11) is 0.805. The highest BCUT2D eigenvalue weighted by Gasteiger charge is 2.22. The molecule has 1 rings (SSSR count). The summed E-state index contributed by atoms with van der Waals surface area (Å²) in [6.07, 6.45) is 1.66. The molecule has 0 radical (unpaired) electrons. The van der Waals surface area contributed by atoms with Crippen molar-refractivity contribution >= 4 is 16.8 Å². The lowest BCUT2D eigenvalue weighted by molar-refractivity contribution is 0.190. The summed E-state index contributed by atoms with van der Waals surface area (Å²) in [6, 6.07) is 7.52. The Hall–Kier alpha value is -1.36. The second kappa shape index (κ2) is 7.07. The molecule has 0 unspecified atom stereocenters. The number of urea groups is 1. The number of rotatable bonds is 4. The predicted molar refractivity (Wildman–Crippen MR) is 87.7 cm³/mol. The van der Waals surface area contributed by atoms with Crippen molar-refractivity contribution in [2.75, 3.05) is 13.3 Å². The van der Waals surface area contributed by atoms with E-state index in [0.717, 1.165) is 10.5 Å². The normalized spacial score (nSPS) is 14.4. The molecule has 5 heteroatoms. The Kier molecular flexibility index (Phi) is 5.96. The maximum atomic E-state index is 12.1. The van der Waals surface area contributed by atoms with Crippen LogP contribution >= 0.6 is 0 Å². The maximum absolute atomic E-state index is 12.1. The highest BCUT2D eigenvalue weighted by Crippen LogP contribution is 2.18. The van der Waals surface area contributed by atoms with E-state index in [4.69, 9.17) is 0 Å². The topological polar surface area (TPSA) is 49.4 Å². The van der Waals surface area contributed by atoms with Gasteiger partial charge < -0.3 is 10.2 Å². The van der Waals surface area contributed by atoms with Gasteiger partial charge >= 0.3 is 6.03 Å². The number of hydrogen-bond acceptors (Lipinski definition) is 2. The molecule has 2 amide bonds. The van der Waals surface area contributed by atoms with Gasteiger partial charge in [-0.3, -0.25) is 4.21 Å². The van der Waals surface area contributed by atoms with Crippen molar-refractivity contribution in [3.8, 4) is 0 Å². The zero-order valence-electron chi connectivity index (χ0n) is 13.8. The first-order valence-corrected chi connectivity index (χ1v) is 8.61. The van der Waals surface area contributed by atoms with E-state index in [1.54, 1.807) is 18.2 Å². The van der Waals surface area contributed by atoms with Crippen molar-refractivity contribution < 1.29 is 9.00 Å². The van der Waals surface area contributed by atoms with E-state index in [1.807, 2.05) is 31.2 Å². The third-order valence-electron chi connectivity index (χ3n) is 3.66. The molecule has 0 bridgehead atoms. The number of nitrogens with zero attached hydrogens (tertiary/aromatic N) is 1. The Morgan fingerprint density at radius 3 is 2.24 bits per heavy atom. The minimum absolute atomic E-state index is 0.0311. The minimum atomic E-state index is -0.969. The average Bonchev–Trinajstić information content (AvgIpc) is 2.37. The van der Waals surface area contributed by atoms with Crippen molar-refractivity contribution in [2.24, 2.45) is 5.41 Å². The van der Waals surface area contributed by atoms with Crippen molar-refractivity contribution in [2.45, 2.75) is 45.2 Å². The Bertz CT molecular complexity index is 506. The van der Waals surface area contributed by atoms with E-state index in [2.05, 4.69) is 26.1 Å². The Labute approximate surface area is 130 Å². The zero-order chi connectivity index (χ0) is 16.2.